The number of rotatable bonds is 6. The summed E-state index contributed by atoms with van der Waals surface area (Å²) in [7, 11) is 0. The van der Waals surface area contributed by atoms with Crippen LogP contribution in [0.1, 0.15) is 21.5 Å². The molecule has 0 aliphatic carbocycles. The van der Waals surface area contributed by atoms with Crippen molar-refractivity contribution in [3.8, 4) is 5.75 Å². The quantitative estimate of drug-likeness (QED) is 0.791. The van der Waals surface area contributed by atoms with Crippen LogP contribution in [-0.4, -0.2) is 42.5 Å². The van der Waals surface area contributed by atoms with Gasteiger partial charge in [0.05, 0.1) is 0 Å². The van der Waals surface area contributed by atoms with Crippen molar-refractivity contribution in [3.63, 3.8) is 0 Å². The molecule has 3 amide bonds. The predicted octanol–water partition coefficient (Wildman–Crippen LogP) is 2.28. The zero-order valence-corrected chi connectivity index (χ0v) is 14.9. The zero-order valence-electron chi connectivity index (χ0n) is 14.9. The number of nitrogens with one attached hydrogen (secondary N) is 1. The van der Waals surface area contributed by atoms with Crippen molar-refractivity contribution < 1.29 is 23.9 Å². The number of benzene rings is 2. The molecule has 0 spiro atoms. The average molecular weight is 368 g/mol. The molecule has 1 fully saturated rings. The Morgan fingerprint density at radius 1 is 1.15 bits per heavy atom. The number of amides is 3. The molecule has 0 atom stereocenters. The van der Waals surface area contributed by atoms with E-state index in [-0.39, 0.29) is 12.1 Å². The second kappa shape index (κ2) is 8.35. The van der Waals surface area contributed by atoms with E-state index in [1.165, 1.54) is 0 Å². The molecule has 0 unspecified atom stereocenters. The van der Waals surface area contributed by atoms with E-state index >= 15 is 0 Å². The summed E-state index contributed by atoms with van der Waals surface area (Å²) in [6.45, 7) is 2.46. The van der Waals surface area contributed by atoms with Gasteiger partial charge in [0.1, 0.15) is 17.9 Å². The van der Waals surface area contributed by atoms with Crippen LogP contribution in [0.5, 0.6) is 5.75 Å². The highest BCUT2D eigenvalue weighted by molar-refractivity contribution is 5.98. The van der Waals surface area contributed by atoms with E-state index in [0.29, 0.717) is 18.9 Å². The van der Waals surface area contributed by atoms with Gasteiger partial charge in [-0.15, -0.1) is 0 Å². The molecule has 1 aliphatic rings. The maximum atomic E-state index is 12.4. The number of carbonyl (C=O) groups is 3. The van der Waals surface area contributed by atoms with Crippen LogP contribution in [0.3, 0.4) is 0 Å². The van der Waals surface area contributed by atoms with Gasteiger partial charge in [-0.25, -0.2) is 9.59 Å². The summed E-state index contributed by atoms with van der Waals surface area (Å²) in [5.41, 5.74) is 2.32. The first kappa shape index (κ1) is 18.4. The second-order valence-corrected chi connectivity index (χ2v) is 6.13. The third-order valence-electron chi connectivity index (χ3n) is 4.07. The largest absolute Gasteiger partial charge is 0.488 e. The molecule has 1 N–H and O–H groups in total. The van der Waals surface area contributed by atoms with Gasteiger partial charge in [0, 0.05) is 13.1 Å². The number of hydrogen-bond donors (Lipinski definition) is 1. The number of para-hydroxylation sites is 1. The van der Waals surface area contributed by atoms with Crippen molar-refractivity contribution in [1.29, 1.82) is 0 Å². The van der Waals surface area contributed by atoms with Gasteiger partial charge in [-0.1, -0.05) is 42.0 Å². The molecular weight excluding hydrogens is 348 g/mol. The number of carbonyl (C=O) groups excluding carboxylic acids is 3. The van der Waals surface area contributed by atoms with E-state index in [4.69, 9.17) is 9.47 Å². The molecule has 2 aromatic rings. The maximum absolute atomic E-state index is 12.4. The number of ether oxygens (including phenoxy) is 2. The lowest BCUT2D eigenvalue weighted by molar-refractivity contribution is -0.130. The van der Waals surface area contributed by atoms with Crippen LogP contribution in [0.4, 0.5) is 4.79 Å². The van der Waals surface area contributed by atoms with Gasteiger partial charge in [-0.05, 0) is 24.6 Å². The van der Waals surface area contributed by atoms with Crippen LogP contribution in [0, 0.1) is 6.92 Å². The van der Waals surface area contributed by atoms with Crippen molar-refractivity contribution in [2.75, 3.05) is 19.7 Å². The summed E-state index contributed by atoms with van der Waals surface area (Å²) in [5, 5.41) is 2.52. The van der Waals surface area contributed by atoms with Crippen molar-refractivity contribution in [2.45, 2.75) is 13.5 Å². The van der Waals surface area contributed by atoms with Crippen LogP contribution >= 0.6 is 0 Å². The lowest BCUT2D eigenvalue weighted by Gasteiger charge is -2.14. The van der Waals surface area contributed by atoms with Gasteiger partial charge in [-0.2, -0.15) is 0 Å². The smallest absolute Gasteiger partial charge is 0.342 e. The van der Waals surface area contributed by atoms with E-state index in [0.717, 1.165) is 16.0 Å². The summed E-state index contributed by atoms with van der Waals surface area (Å²) in [6, 6.07) is 14.1. The van der Waals surface area contributed by atoms with Crippen molar-refractivity contribution in [1.82, 2.24) is 10.2 Å². The zero-order chi connectivity index (χ0) is 19.2. The standard InChI is InChI=1S/C20H20N2O5/c1-14-5-4-6-15(11-14)12-26-17-8-3-2-7-16(17)19(24)27-13-18(23)22-10-9-21-20(22)25/h2-8,11H,9-10,12-13H2,1H3,(H,21,25). The van der Waals surface area contributed by atoms with Crippen molar-refractivity contribution in [3.05, 3.63) is 65.2 Å². The number of esters is 1. The Hall–Kier alpha value is -3.35. The highest BCUT2D eigenvalue weighted by Crippen LogP contribution is 2.20. The molecule has 0 bridgehead atoms. The van der Waals surface area contributed by atoms with E-state index in [2.05, 4.69) is 5.32 Å². The Balaban J connectivity index is 1.61. The minimum absolute atomic E-state index is 0.226. The third kappa shape index (κ3) is 4.63. The first-order valence-corrected chi connectivity index (χ1v) is 8.57. The monoisotopic (exact) mass is 368 g/mol. The van der Waals surface area contributed by atoms with Crippen LogP contribution in [-0.2, 0) is 16.1 Å². The van der Waals surface area contributed by atoms with Gasteiger partial charge in [0.25, 0.3) is 5.91 Å². The number of urea groups is 1. The van der Waals surface area contributed by atoms with E-state index in [9.17, 15) is 14.4 Å². The summed E-state index contributed by atoms with van der Waals surface area (Å²) >= 11 is 0. The Bertz CT molecular complexity index is 865. The molecule has 1 saturated heterocycles. The molecule has 2 aromatic carbocycles. The van der Waals surface area contributed by atoms with Gasteiger partial charge >= 0.3 is 12.0 Å². The fourth-order valence-corrected chi connectivity index (χ4v) is 2.72. The Morgan fingerprint density at radius 2 is 1.96 bits per heavy atom. The normalized spacial score (nSPS) is 13.2. The van der Waals surface area contributed by atoms with Crippen LogP contribution in [0.25, 0.3) is 0 Å². The molecule has 7 heteroatoms. The third-order valence-corrected chi connectivity index (χ3v) is 4.07. The van der Waals surface area contributed by atoms with Gasteiger partial charge in [0.2, 0.25) is 0 Å². The van der Waals surface area contributed by atoms with Gasteiger partial charge < -0.3 is 14.8 Å². The molecule has 3 rings (SSSR count). The fraction of sp³-hybridized carbons (Fsp3) is 0.250. The molecule has 7 nitrogen and oxygen atoms in total. The molecule has 1 heterocycles. The Kier molecular flexibility index (Phi) is 5.71. The lowest BCUT2D eigenvalue weighted by Crippen LogP contribution is -2.37. The van der Waals surface area contributed by atoms with E-state index in [1.807, 2.05) is 31.2 Å². The van der Waals surface area contributed by atoms with Crippen LogP contribution < -0.4 is 10.1 Å². The maximum Gasteiger partial charge on any atom is 0.342 e. The van der Waals surface area contributed by atoms with Gasteiger partial charge in [0.15, 0.2) is 6.61 Å². The van der Waals surface area contributed by atoms with E-state index in [1.54, 1.807) is 24.3 Å². The van der Waals surface area contributed by atoms with Crippen LogP contribution in [0.2, 0.25) is 0 Å². The Morgan fingerprint density at radius 3 is 2.70 bits per heavy atom. The first-order valence-electron chi connectivity index (χ1n) is 8.57. The number of hydrogen-bond acceptors (Lipinski definition) is 5. The highest BCUT2D eigenvalue weighted by atomic mass is 16.5. The van der Waals surface area contributed by atoms with Crippen LogP contribution in [0.15, 0.2) is 48.5 Å². The minimum Gasteiger partial charge on any atom is -0.488 e. The first-order chi connectivity index (χ1) is 13.0. The lowest BCUT2D eigenvalue weighted by atomic mass is 10.1. The SMILES string of the molecule is Cc1cccc(COc2ccccc2C(=O)OCC(=O)N2CCNC2=O)c1. The topological polar surface area (TPSA) is 84.9 Å². The predicted molar refractivity (Wildman–Crippen MR) is 97.3 cm³/mol. The molecule has 1 aliphatic heterocycles. The number of aryl methyl sites for hydroxylation is 1. The summed E-state index contributed by atoms with van der Waals surface area (Å²) in [5.74, 6) is -0.866. The minimum atomic E-state index is -0.678. The molecular formula is C20H20N2O5. The summed E-state index contributed by atoms with van der Waals surface area (Å²) in [4.78, 5) is 36.8. The average Bonchev–Trinajstić information content (AvgIpc) is 3.10. The molecule has 27 heavy (non-hydrogen) atoms. The number of nitrogens with zero attached hydrogens (tertiary/aromatic N) is 1. The Labute approximate surface area is 156 Å². The highest BCUT2D eigenvalue weighted by Gasteiger charge is 2.27. The van der Waals surface area contributed by atoms with E-state index < -0.39 is 24.5 Å². The fourth-order valence-electron chi connectivity index (χ4n) is 2.72. The number of imide groups is 1. The molecule has 0 aromatic heterocycles. The molecule has 140 valence electrons. The summed E-state index contributed by atoms with van der Waals surface area (Å²) < 4.78 is 10.8. The van der Waals surface area contributed by atoms with Gasteiger partial charge in [-0.3, -0.25) is 9.69 Å². The second-order valence-electron chi connectivity index (χ2n) is 6.13. The summed E-state index contributed by atoms with van der Waals surface area (Å²) in [6.07, 6.45) is 0. The molecule has 0 radical (unpaired) electrons. The van der Waals surface area contributed by atoms with Crippen molar-refractivity contribution in [2.24, 2.45) is 0 Å². The molecule has 0 saturated carbocycles. The van der Waals surface area contributed by atoms with Crippen molar-refractivity contribution >= 4 is 17.9 Å².